The summed E-state index contributed by atoms with van der Waals surface area (Å²) in [5.74, 6) is -0.523. The third-order valence-corrected chi connectivity index (χ3v) is 2.98. The number of pyridine rings is 2. The Kier molecular flexibility index (Phi) is 4.07. The molecule has 6 heteroatoms. The fourth-order valence-corrected chi connectivity index (χ4v) is 2.00. The number of aromatic nitrogens is 2. The van der Waals surface area contributed by atoms with E-state index >= 15 is 0 Å². The van der Waals surface area contributed by atoms with Gasteiger partial charge in [-0.1, -0.05) is 0 Å². The highest BCUT2D eigenvalue weighted by Gasteiger charge is 2.15. The minimum Gasteiger partial charge on any atom is -0.477 e. The molecular formula is C15H17N3O3. The SMILES string of the molecule is Cc1ccn(-c2ccc(NC(C)C)nc2)c(=O)c1C(=O)O. The van der Waals surface area contributed by atoms with Gasteiger partial charge in [-0.15, -0.1) is 0 Å². The molecule has 2 rings (SSSR count). The van der Waals surface area contributed by atoms with Crippen LogP contribution in [0.4, 0.5) is 5.82 Å². The molecule has 0 amide bonds. The molecule has 0 bridgehead atoms. The lowest BCUT2D eigenvalue weighted by Crippen LogP contribution is -2.26. The molecule has 0 fully saturated rings. The van der Waals surface area contributed by atoms with Crippen molar-refractivity contribution in [3.05, 3.63) is 52.1 Å². The van der Waals surface area contributed by atoms with Crippen LogP contribution in [0.3, 0.4) is 0 Å². The number of anilines is 1. The molecule has 21 heavy (non-hydrogen) atoms. The summed E-state index contributed by atoms with van der Waals surface area (Å²) in [7, 11) is 0. The molecule has 6 nitrogen and oxygen atoms in total. The second-order valence-electron chi connectivity index (χ2n) is 5.05. The average molecular weight is 287 g/mol. The number of carbonyl (C=O) groups is 1. The summed E-state index contributed by atoms with van der Waals surface area (Å²) in [6, 6.07) is 5.33. The Hall–Kier alpha value is -2.63. The Labute approximate surface area is 122 Å². The van der Waals surface area contributed by atoms with Crippen LogP contribution in [0.1, 0.15) is 29.8 Å². The number of nitrogens with zero attached hydrogens (tertiary/aromatic N) is 2. The van der Waals surface area contributed by atoms with Gasteiger partial charge in [0.05, 0.1) is 11.9 Å². The van der Waals surface area contributed by atoms with Crippen LogP contribution >= 0.6 is 0 Å². The normalized spacial score (nSPS) is 10.7. The highest BCUT2D eigenvalue weighted by molar-refractivity contribution is 5.88. The van der Waals surface area contributed by atoms with E-state index in [1.54, 1.807) is 31.3 Å². The van der Waals surface area contributed by atoms with Crippen molar-refractivity contribution in [2.45, 2.75) is 26.8 Å². The van der Waals surface area contributed by atoms with Crippen LogP contribution in [-0.4, -0.2) is 26.7 Å². The zero-order valence-corrected chi connectivity index (χ0v) is 12.1. The molecule has 0 saturated heterocycles. The Morgan fingerprint density at radius 2 is 2.05 bits per heavy atom. The first-order valence-corrected chi connectivity index (χ1v) is 6.58. The standard InChI is InChI=1S/C15H17N3O3/c1-9(2)17-12-5-4-11(8-16-12)18-7-6-10(3)13(14(18)19)15(20)21/h4-9H,1-3H3,(H,16,17)(H,20,21). The second-order valence-corrected chi connectivity index (χ2v) is 5.05. The van der Waals surface area contributed by atoms with Crippen LogP contribution in [0.25, 0.3) is 5.69 Å². The Balaban J connectivity index is 2.46. The predicted octanol–water partition coefficient (Wildman–Crippen LogP) is 2.06. The molecule has 0 aliphatic heterocycles. The lowest BCUT2D eigenvalue weighted by atomic mass is 10.1. The van der Waals surface area contributed by atoms with Crippen molar-refractivity contribution in [3.63, 3.8) is 0 Å². The number of aromatic carboxylic acids is 1. The van der Waals surface area contributed by atoms with Gasteiger partial charge in [0.2, 0.25) is 0 Å². The van der Waals surface area contributed by atoms with Gasteiger partial charge in [0.25, 0.3) is 5.56 Å². The van der Waals surface area contributed by atoms with Gasteiger partial charge in [-0.25, -0.2) is 9.78 Å². The fourth-order valence-electron chi connectivity index (χ4n) is 2.00. The first kappa shape index (κ1) is 14.8. The molecular weight excluding hydrogens is 270 g/mol. The van der Waals surface area contributed by atoms with Gasteiger partial charge in [-0.05, 0) is 44.5 Å². The Morgan fingerprint density at radius 3 is 2.57 bits per heavy atom. The maximum atomic E-state index is 12.2. The molecule has 0 aromatic carbocycles. The molecule has 2 heterocycles. The Morgan fingerprint density at radius 1 is 1.33 bits per heavy atom. The van der Waals surface area contributed by atoms with Crippen molar-refractivity contribution in [2.24, 2.45) is 0 Å². The summed E-state index contributed by atoms with van der Waals surface area (Å²) in [6.07, 6.45) is 3.09. The van der Waals surface area contributed by atoms with E-state index in [1.807, 2.05) is 13.8 Å². The van der Waals surface area contributed by atoms with Crippen LogP contribution in [0.5, 0.6) is 0 Å². The van der Waals surface area contributed by atoms with Crippen LogP contribution in [0.15, 0.2) is 35.4 Å². The first-order valence-electron chi connectivity index (χ1n) is 6.58. The third-order valence-electron chi connectivity index (χ3n) is 2.98. The molecule has 0 saturated carbocycles. The molecule has 2 aromatic rings. The van der Waals surface area contributed by atoms with E-state index in [0.717, 1.165) is 0 Å². The monoisotopic (exact) mass is 287 g/mol. The van der Waals surface area contributed by atoms with E-state index in [4.69, 9.17) is 5.11 Å². The number of hydrogen-bond acceptors (Lipinski definition) is 4. The summed E-state index contributed by atoms with van der Waals surface area (Å²) >= 11 is 0. The van der Waals surface area contributed by atoms with Gasteiger partial charge >= 0.3 is 5.97 Å². The van der Waals surface area contributed by atoms with E-state index in [9.17, 15) is 9.59 Å². The van der Waals surface area contributed by atoms with Crippen LogP contribution in [0.2, 0.25) is 0 Å². The van der Waals surface area contributed by atoms with E-state index in [0.29, 0.717) is 17.1 Å². The largest absolute Gasteiger partial charge is 0.477 e. The van der Waals surface area contributed by atoms with E-state index < -0.39 is 11.5 Å². The summed E-state index contributed by atoms with van der Waals surface area (Å²) < 4.78 is 1.28. The fraction of sp³-hybridized carbons (Fsp3) is 0.267. The smallest absolute Gasteiger partial charge is 0.341 e. The van der Waals surface area contributed by atoms with Crippen molar-refractivity contribution in [3.8, 4) is 5.69 Å². The number of carboxylic acid groups (broad SMARTS) is 1. The lowest BCUT2D eigenvalue weighted by Gasteiger charge is -2.11. The number of carboxylic acids is 1. The molecule has 110 valence electrons. The highest BCUT2D eigenvalue weighted by Crippen LogP contribution is 2.11. The van der Waals surface area contributed by atoms with Crippen LogP contribution < -0.4 is 10.9 Å². The molecule has 0 spiro atoms. The summed E-state index contributed by atoms with van der Waals surface area (Å²) in [5.41, 5.74) is 0.183. The molecule has 0 atom stereocenters. The predicted molar refractivity (Wildman–Crippen MR) is 80.3 cm³/mol. The van der Waals surface area contributed by atoms with Crippen molar-refractivity contribution in [1.82, 2.24) is 9.55 Å². The summed E-state index contributed by atoms with van der Waals surface area (Å²) in [4.78, 5) is 27.6. The maximum Gasteiger partial charge on any atom is 0.341 e. The zero-order valence-electron chi connectivity index (χ0n) is 12.1. The highest BCUT2D eigenvalue weighted by atomic mass is 16.4. The molecule has 0 aliphatic carbocycles. The quantitative estimate of drug-likeness (QED) is 0.899. The molecule has 0 radical (unpaired) electrons. The summed E-state index contributed by atoms with van der Waals surface area (Å²) in [6.45, 7) is 5.60. The van der Waals surface area contributed by atoms with E-state index in [2.05, 4.69) is 10.3 Å². The molecule has 2 aromatic heterocycles. The van der Waals surface area contributed by atoms with E-state index in [1.165, 1.54) is 10.8 Å². The van der Waals surface area contributed by atoms with Gasteiger partial charge in [0.15, 0.2) is 0 Å². The van der Waals surface area contributed by atoms with Crippen molar-refractivity contribution in [2.75, 3.05) is 5.32 Å². The minimum atomic E-state index is -1.22. The topological polar surface area (TPSA) is 84.2 Å². The third kappa shape index (κ3) is 3.10. The van der Waals surface area contributed by atoms with Gasteiger partial charge in [-0.3, -0.25) is 9.36 Å². The molecule has 0 aliphatic rings. The van der Waals surface area contributed by atoms with Gasteiger partial charge in [0, 0.05) is 12.2 Å². The molecule has 0 unspecified atom stereocenters. The van der Waals surface area contributed by atoms with Gasteiger partial charge in [0.1, 0.15) is 11.4 Å². The zero-order chi connectivity index (χ0) is 15.6. The van der Waals surface area contributed by atoms with Crippen molar-refractivity contribution >= 4 is 11.8 Å². The van der Waals surface area contributed by atoms with Crippen LogP contribution in [0, 0.1) is 6.92 Å². The van der Waals surface area contributed by atoms with Crippen molar-refractivity contribution in [1.29, 1.82) is 0 Å². The van der Waals surface area contributed by atoms with Gasteiger partial charge < -0.3 is 10.4 Å². The average Bonchev–Trinajstić information content (AvgIpc) is 2.39. The minimum absolute atomic E-state index is 0.220. The van der Waals surface area contributed by atoms with Crippen LogP contribution in [-0.2, 0) is 0 Å². The lowest BCUT2D eigenvalue weighted by molar-refractivity contribution is 0.0693. The maximum absolute atomic E-state index is 12.2. The number of nitrogens with one attached hydrogen (secondary N) is 1. The number of rotatable bonds is 4. The molecule has 2 N–H and O–H groups in total. The second kappa shape index (κ2) is 5.78. The summed E-state index contributed by atoms with van der Waals surface area (Å²) in [5, 5.41) is 12.3. The Bertz CT molecular complexity index is 718. The van der Waals surface area contributed by atoms with E-state index in [-0.39, 0.29) is 11.6 Å². The first-order chi connectivity index (χ1) is 9.90. The number of aryl methyl sites for hydroxylation is 1. The number of hydrogen-bond donors (Lipinski definition) is 2. The van der Waals surface area contributed by atoms with Crippen molar-refractivity contribution < 1.29 is 9.90 Å². The van der Waals surface area contributed by atoms with Gasteiger partial charge in [-0.2, -0.15) is 0 Å².